The lowest BCUT2D eigenvalue weighted by Crippen LogP contribution is -2.28. The van der Waals surface area contributed by atoms with Crippen LogP contribution in [0.3, 0.4) is 0 Å². The van der Waals surface area contributed by atoms with Crippen LogP contribution in [0.1, 0.15) is 32.6 Å². The summed E-state index contributed by atoms with van der Waals surface area (Å²) in [6.07, 6.45) is 5.72. The lowest BCUT2D eigenvalue weighted by molar-refractivity contribution is -0.119. The quantitative estimate of drug-likeness (QED) is 0.814. The van der Waals surface area contributed by atoms with Crippen molar-refractivity contribution in [1.29, 1.82) is 0 Å². The normalized spacial score (nSPS) is 12.4. The van der Waals surface area contributed by atoms with Crippen molar-refractivity contribution in [3.8, 4) is 16.7 Å². The van der Waals surface area contributed by atoms with Gasteiger partial charge >= 0.3 is 0 Å². The van der Waals surface area contributed by atoms with E-state index in [1.165, 1.54) is 18.3 Å². The van der Waals surface area contributed by atoms with Crippen molar-refractivity contribution in [2.45, 2.75) is 39.8 Å². The van der Waals surface area contributed by atoms with Gasteiger partial charge in [0.25, 0.3) is 5.19 Å². The SMILES string of the molecule is CC(=O)NC(C)C=Cc1cnc(Oc2ccc(OC(C)C)cc2)s1. The van der Waals surface area contributed by atoms with Crippen LogP contribution in [0.15, 0.2) is 36.5 Å². The minimum Gasteiger partial charge on any atom is -0.491 e. The summed E-state index contributed by atoms with van der Waals surface area (Å²) in [4.78, 5) is 16.2. The summed E-state index contributed by atoms with van der Waals surface area (Å²) in [7, 11) is 0. The van der Waals surface area contributed by atoms with E-state index in [1.54, 1.807) is 6.20 Å². The molecule has 0 spiro atoms. The van der Waals surface area contributed by atoms with Crippen LogP contribution in [-0.2, 0) is 4.79 Å². The molecule has 128 valence electrons. The van der Waals surface area contributed by atoms with E-state index in [1.807, 2.05) is 57.2 Å². The molecule has 1 aromatic carbocycles. The molecule has 1 amide bonds. The summed E-state index contributed by atoms with van der Waals surface area (Å²) in [6, 6.07) is 7.43. The molecule has 1 atom stereocenters. The second-order valence-electron chi connectivity index (χ2n) is 5.62. The van der Waals surface area contributed by atoms with Gasteiger partial charge < -0.3 is 14.8 Å². The molecular formula is C18H22N2O3S. The first kappa shape index (κ1) is 18.0. The molecule has 0 saturated carbocycles. The molecule has 5 nitrogen and oxygen atoms in total. The van der Waals surface area contributed by atoms with E-state index in [0.29, 0.717) is 10.9 Å². The average molecular weight is 346 g/mol. The second-order valence-corrected chi connectivity index (χ2v) is 6.64. The van der Waals surface area contributed by atoms with Crippen molar-refractivity contribution >= 4 is 23.3 Å². The molecule has 1 heterocycles. The maximum Gasteiger partial charge on any atom is 0.279 e. The Labute approximate surface area is 146 Å². The predicted octanol–water partition coefficient (Wildman–Crippen LogP) is 4.26. The second kappa shape index (κ2) is 8.49. The van der Waals surface area contributed by atoms with Gasteiger partial charge in [-0.15, -0.1) is 0 Å². The van der Waals surface area contributed by atoms with Crippen LogP contribution in [0.25, 0.3) is 6.08 Å². The van der Waals surface area contributed by atoms with Gasteiger partial charge in [-0.3, -0.25) is 4.79 Å². The van der Waals surface area contributed by atoms with Gasteiger partial charge in [-0.25, -0.2) is 4.98 Å². The molecule has 2 rings (SSSR count). The molecule has 1 unspecified atom stereocenters. The highest BCUT2D eigenvalue weighted by molar-refractivity contribution is 7.14. The van der Waals surface area contributed by atoms with E-state index in [4.69, 9.17) is 9.47 Å². The van der Waals surface area contributed by atoms with Gasteiger partial charge in [-0.2, -0.15) is 0 Å². The van der Waals surface area contributed by atoms with Gasteiger partial charge in [0.15, 0.2) is 0 Å². The minimum atomic E-state index is -0.0506. The highest BCUT2D eigenvalue weighted by Crippen LogP contribution is 2.28. The van der Waals surface area contributed by atoms with Crippen molar-refractivity contribution in [1.82, 2.24) is 10.3 Å². The first-order valence-corrected chi connectivity index (χ1v) is 8.59. The molecule has 1 N–H and O–H groups in total. The Hall–Kier alpha value is -2.34. The third kappa shape index (κ3) is 6.04. The Bertz CT molecular complexity index is 693. The standard InChI is InChI=1S/C18H22N2O3S/c1-12(2)22-15-6-8-16(9-7-15)23-18-19-11-17(24-18)10-5-13(3)20-14(4)21/h5-13H,1-4H3,(H,20,21). The molecule has 0 saturated heterocycles. The summed E-state index contributed by atoms with van der Waals surface area (Å²) in [5.41, 5.74) is 0. The Kier molecular flexibility index (Phi) is 6.37. The fraction of sp³-hybridized carbons (Fsp3) is 0.333. The maximum absolute atomic E-state index is 11.0. The minimum absolute atomic E-state index is 0.0255. The van der Waals surface area contributed by atoms with Crippen molar-refractivity contribution in [2.75, 3.05) is 0 Å². The lowest BCUT2D eigenvalue weighted by Gasteiger charge is -2.09. The monoisotopic (exact) mass is 346 g/mol. The molecule has 0 aliphatic rings. The fourth-order valence-electron chi connectivity index (χ4n) is 1.96. The van der Waals surface area contributed by atoms with Crippen LogP contribution in [-0.4, -0.2) is 23.0 Å². The van der Waals surface area contributed by atoms with Gasteiger partial charge in [-0.05, 0) is 51.1 Å². The first-order valence-electron chi connectivity index (χ1n) is 7.78. The van der Waals surface area contributed by atoms with Gasteiger partial charge in [0.05, 0.1) is 11.0 Å². The largest absolute Gasteiger partial charge is 0.491 e. The van der Waals surface area contributed by atoms with Crippen molar-refractivity contribution in [3.63, 3.8) is 0 Å². The third-order valence-electron chi connectivity index (χ3n) is 2.88. The molecule has 24 heavy (non-hydrogen) atoms. The van der Waals surface area contributed by atoms with Crippen LogP contribution in [0.2, 0.25) is 0 Å². The zero-order valence-electron chi connectivity index (χ0n) is 14.3. The average Bonchev–Trinajstić information content (AvgIpc) is 2.93. The molecule has 0 radical (unpaired) electrons. The van der Waals surface area contributed by atoms with Gasteiger partial charge in [0.1, 0.15) is 11.5 Å². The number of hydrogen-bond donors (Lipinski definition) is 1. The van der Waals surface area contributed by atoms with Crippen LogP contribution >= 0.6 is 11.3 Å². The zero-order valence-corrected chi connectivity index (χ0v) is 15.1. The summed E-state index contributed by atoms with van der Waals surface area (Å²) >= 11 is 1.44. The molecule has 0 aliphatic heterocycles. The Balaban J connectivity index is 1.93. The highest BCUT2D eigenvalue weighted by Gasteiger charge is 2.05. The van der Waals surface area contributed by atoms with Crippen LogP contribution in [0.5, 0.6) is 16.7 Å². The Morgan fingerprint density at radius 3 is 2.50 bits per heavy atom. The number of amides is 1. The topological polar surface area (TPSA) is 60.5 Å². The van der Waals surface area contributed by atoms with E-state index in [9.17, 15) is 4.79 Å². The molecule has 0 aliphatic carbocycles. The molecule has 2 aromatic rings. The fourth-order valence-corrected chi connectivity index (χ4v) is 2.66. The van der Waals surface area contributed by atoms with Gasteiger partial charge in [0, 0.05) is 19.2 Å². The molecule has 0 fully saturated rings. The number of ether oxygens (including phenoxy) is 2. The third-order valence-corrected chi connectivity index (χ3v) is 3.72. The Morgan fingerprint density at radius 1 is 1.21 bits per heavy atom. The van der Waals surface area contributed by atoms with E-state index in [2.05, 4.69) is 10.3 Å². The smallest absolute Gasteiger partial charge is 0.279 e. The zero-order chi connectivity index (χ0) is 17.5. The van der Waals surface area contributed by atoms with E-state index < -0.39 is 0 Å². The number of nitrogens with zero attached hydrogens (tertiary/aromatic N) is 1. The van der Waals surface area contributed by atoms with Crippen molar-refractivity contribution in [3.05, 3.63) is 41.4 Å². The van der Waals surface area contributed by atoms with Crippen molar-refractivity contribution in [2.24, 2.45) is 0 Å². The highest BCUT2D eigenvalue weighted by atomic mass is 32.1. The van der Waals surface area contributed by atoms with E-state index in [0.717, 1.165) is 10.6 Å². The number of carbonyl (C=O) groups excluding carboxylic acids is 1. The van der Waals surface area contributed by atoms with Crippen LogP contribution in [0.4, 0.5) is 0 Å². The number of nitrogens with one attached hydrogen (secondary N) is 1. The number of thiazole rings is 1. The first-order chi connectivity index (χ1) is 11.4. The van der Waals surface area contributed by atoms with Gasteiger partial charge in [0.2, 0.25) is 5.91 Å². The summed E-state index contributed by atoms with van der Waals surface area (Å²) in [6.45, 7) is 7.39. The molecule has 0 bridgehead atoms. The summed E-state index contributed by atoms with van der Waals surface area (Å²) < 4.78 is 11.3. The summed E-state index contributed by atoms with van der Waals surface area (Å²) in [5, 5.41) is 3.36. The number of carbonyl (C=O) groups is 1. The van der Waals surface area contributed by atoms with E-state index >= 15 is 0 Å². The van der Waals surface area contributed by atoms with Crippen LogP contribution in [0, 0.1) is 0 Å². The Morgan fingerprint density at radius 2 is 1.88 bits per heavy atom. The predicted molar refractivity (Wildman–Crippen MR) is 96.7 cm³/mol. The number of rotatable bonds is 7. The molecular weight excluding hydrogens is 324 g/mol. The van der Waals surface area contributed by atoms with Crippen molar-refractivity contribution < 1.29 is 14.3 Å². The number of benzene rings is 1. The molecule has 6 heteroatoms. The molecule has 1 aromatic heterocycles. The lowest BCUT2D eigenvalue weighted by atomic mass is 10.3. The number of aromatic nitrogens is 1. The van der Waals surface area contributed by atoms with Gasteiger partial charge in [-0.1, -0.05) is 17.4 Å². The number of hydrogen-bond acceptors (Lipinski definition) is 5. The van der Waals surface area contributed by atoms with Crippen LogP contribution < -0.4 is 14.8 Å². The van der Waals surface area contributed by atoms with E-state index in [-0.39, 0.29) is 18.1 Å². The maximum atomic E-state index is 11.0. The summed E-state index contributed by atoms with van der Waals surface area (Å²) in [5.74, 6) is 1.47.